The molecule has 0 saturated carbocycles. The van der Waals surface area contributed by atoms with Gasteiger partial charge in [-0.25, -0.2) is 9.10 Å². The Morgan fingerprint density at radius 3 is 2.75 bits per heavy atom. The van der Waals surface area contributed by atoms with Crippen LogP contribution >= 0.6 is 23.1 Å². The first-order valence-electron chi connectivity index (χ1n) is 3.85. The molecule has 70 valence electrons. The molecule has 2 atom stereocenters. The van der Waals surface area contributed by atoms with Crippen molar-refractivity contribution < 1.29 is 9.90 Å². The summed E-state index contributed by atoms with van der Waals surface area (Å²) in [4.78, 5) is 10.7. The van der Waals surface area contributed by atoms with Gasteiger partial charge in [-0.05, 0) is 35.3 Å². The number of hydrogen-bond donors (Lipinski definition) is 1. The van der Waals surface area contributed by atoms with Gasteiger partial charge in [0.25, 0.3) is 0 Å². The van der Waals surface area contributed by atoms with Crippen LogP contribution in [-0.4, -0.2) is 32.7 Å². The SMILES string of the molecule is Cl.O=C(O)S1=CCCC2CCN21. The average Bonchev–Trinajstić information content (AvgIpc) is 1.90. The van der Waals surface area contributed by atoms with Crippen molar-refractivity contribution in [3.8, 4) is 0 Å². The Hall–Kier alpha value is -0.0600. The molecule has 0 spiro atoms. The summed E-state index contributed by atoms with van der Waals surface area (Å²) in [7, 11) is -0.559. The van der Waals surface area contributed by atoms with Crippen LogP contribution in [0.25, 0.3) is 0 Å². The van der Waals surface area contributed by atoms with E-state index >= 15 is 0 Å². The van der Waals surface area contributed by atoms with E-state index in [2.05, 4.69) is 4.31 Å². The smallest absolute Gasteiger partial charge is 0.372 e. The third-order valence-electron chi connectivity index (χ3n) is 2.30. The maximum absolute atomic E-state index is 10.7. The van der Waals surface area contributed by atoms with Crippen LogP contribution in [0.2, 0.25) is 0 Å². The molecule has 2 rings (SSSR count). The predicted octanol–water partition coefficient (Wildman–Crippen LogP) is 1.94. The second kappa shape index (κ2) is 3.77. The number of fused-ring (bicyclic) bond motifs is 1. The van der Waals surface area contributed by atoms with Crippen molar-refractivity contribution in [3.63, 3.8) is 0 Å². The highest BCUT2D eigenvalue weighted by Gasteiger charge is 2.34. The van der Waals surface area contributed by atoms with Gasteiger partial charge in [-0.3, -0.25) is 0 Å². The third kappa shape index (κ3) is 1.51. The Morgan fingerprint density at radius 1 is 1.58 bits per heavy atom. The molecule has 2 aliphatic rings. The standard InChI is InChI=1S/C7H11NO2S.ClH/c9-7(10)11-5-1-2-6-3-4-8(6)11;/h5-6H,1-4H2,(H,9,10);1H. The zero-order valence-electron chi connectivity index (χ0n) is 6.60. The molecule has 5 heteroatoms. The molecule has 0 aliphatic carbocycles. The highest BCUT2D eigenvalue weighted by atomic mass is 35.5. The Kier molecular flexibility index (Phi) is 3.15. The van der Waals surface area contributed by atoms with Crippen molar-refractivity contribution in [2.45, 2.75) is 25.3 Å². The molecule has 0 bridgehead atoms. The highest BCUT2D eigenvalue weighted by molar-refractivity contribution is 8.25. The van der Waals surface area contributed by atoms with Crippen molar-refractivity contribution in [2.75, 3.05) is 6.54 Å². The molecule has 0 aromatic carbocycles. The summed E-state index contributed by atoms with van der Waals surface area (Å²) in [5.74, 6) is 0. The van der Waals surface area contributed by atoms with Gasteiger partial charge in [-0.1, -0.05) is 0 Å². The van der Waals surface area contributed by atoms with E-state index in [1.807, 2.05) is 5.37 Å². The van der Waals surface area contributed by atoms with Gasteiger partial charge in [-0.15, -0.1) is 12.4 Å². The van der Waals surface area contributed by atoms with E-state index in [1.54, 1.807) is 0 Å². The maximum atomic E-state index is 10.7. The molecule has 1 N–H and O–H groups in total. The fourth-order valence-corrected chi connectivity index (χ4v) is 3.33. The van der Waals surface area contributed by atoms with Crippen LogP contribution in [0, 0.1) is 0 Å². The van der Waals surface area contributed by atoms with Gasteiger partial charge in [0, 0.05) is 12.6 Å². The zero-order chi connectivity index (χ0) is 7.84. The van der Waals surface area contributed by atoms with Gasteiger partial charge in [-0.2, -0.15) is 0 Å². The molecule has 0 amide bonds. The Balaban J connectivity index is 0.000000720. The Bertz CT molecular complexity index is 231. The summed E-state index contributed by atoms with van der Waals surface area (Å²) >= 11 is 0. The molecular weight excluding hydrogens is 198 g/mol. The summed E-state index contributed by atoms with van der Waals surface area (Å²) in [5.41, 5.74) is 0. The van der Waals surface area contributed by atoms with Gasteiger partial charge in [0.1, 0.15) is 0 Å². The zero-order valence-corrected chi connectivity index (χ0v) is 8.24. The number of halogens is 1. The van der Waals surface area contributed by atoms with Gasteiger partial charge < -0.3 is 5.11 Å². The van der Waals surface area contributed by atoms with E-state index < -0.39 is 16.0 Å². The van der Waals surface area contributed by atoms with Gasteiger partial charge in [0.15, 0.2) is 0 Å². The van der Waals surface area contributed by atoms with Gasteiger partial charge in [0.2, 0.25) is 0 Å². The Morgan fingerprint density at radius 2 is 2.33 bits per heavy atom. The van der Waals surface area contributed by atoms with Crippen LogP contribution in [0.5, 0.6) is 0 Å². The normalized spacial score (nSPS) is 33.7. The lowest BCUT2D eigenvalue weighted by molar-refractivity contribution is 0.196. The number of hydrogen-bond acceptors (Lipinski definition) is 2. The molecule has 0 radical (unpaired) electrons. The van der Waals surface area contributed by atoms with Crippen LogP contribution in [0.3, 0.4) is 0 Å². The fourth-order valence-electron chi connectivity index (χ4n) is 1.60. The van der Waals surface area contributed by atoms with E-state index in [1.165, 1.54) is 6.42 Å². The number of nitrogens with zero attached hydrogens (tertiary/aromatic N) is 1. The van der Waals surface area contributed by atoms with Gasteiger partial charge in [0.05, 0.1) is 0 Å². The van der Waals surface area contributed by atoms with Crippen molar-refractivity contribution >= 4 is 33.7 Å². The molecular formula is C7H12ClNO2S. The minimum atomic E-state index is -0.658. The first-order valence-corrected chi connectivity index (χ1v) is 5.09. The topological polar surface area (TPSA) is 40.5 Å². The Labute approximate surface area is 80.2 Å². The molecule has 3 nitrogen and oxygen atoms in total. The lowest BCUT2D eigenvalue weighted by atomic mass is 10.0. The van der Waals surface area contributed by atoms with Crippen LogP contribution in [-0.2, 0) is 0 Å². The second-order valence-corrected chi connectivity index (χ2v) is 4.69. The summed E-state index contributed by atoms with van der Waals surface area (Å²) in [6.07, 6.45) is 3.35. The average molecular weight is 210 g/mol. The number of carboxylic acid groups (broad SMARTS) is 1. The number of rotatable bonds is 0. The van der Waals surface area contributed by atoms with Crippen molar-refractivity contribution in [3.05, 3.63) is 0 Å². The van der Waals surface area contributed by atoms with E-state index in [0.717, 1.165) is 19.4 Å². The first-order chi connectivity index (χ1) is 5.29. The van der Waals surface area contributed by atoms with E-state index in [4.69, 9.17) is 5.11 Å². The maximum Gasteiger partial charge on any atom is 0.372 e. The second-order valence-electron chi connectivity index (χ2n) is 2.91. The monoisotopic (exact) mass is 209 g/mol. The summed E-state index contributed by atoms with van der Waals surface area (Å²) < 4.78 is 2.10. The predicted molar refractivity (Wildman–Crippen MR) is 53.3 cm³/mol. The largest absolute Gasteiger partial charge is 0.473 e. The number of carbonyl (C=O) groups is 1. The van der Waals surface area contributed by atoms with Crippen LogP contribution in [0.1, 0.15) is 19.3 Å². The summed E-state index contributed by atoms with van der Waals surface area (Å²) in [6.45, 7) is 0.983. The van der Waals surface area contributed by atoms with Crippen LogP contribution in [0.15, 0.2) is 0 Å². The van der Waals surface area contributed by atoms with Crippen molar-refractivity contribution in [2.24, 2.45) is 0 Å². The molecule has 0 aromatic rings. The van der Waals surface area contributed by atoms with Crippen molar-refractivity contribution in [1.82, 2.24) is 4.31 Å². The minimum Gasteiger partial charge on any atom is -0.473 e. The minimum absolute atomic E-state index is 0. The van der Waals surface area contributed by atoms with Gasteiger partial charge >= 0.3 is 5.30 Å². The molecule has 2 aliphatic heterocycles. The van der Waals surface area contributed by atoms with Crippen LogP contribution in [0.4, 0.5) is 4.79 Å². The third-order valence-corrected chi connectivity index (χ3v) is 4.19. The molecule has 1 fully saturated rings. The van der Waals surface area contributed by atoms with Crippen molar-refractivity contribution in [1.29, 1.82) is 0 Å². The molecule has 2 heterocycles. The molecule has 0 aromatic heterocycles. The van der Waals surface area contributed by atoms with Crippen LogP contribution < -0.4 is 0 Å². The summed E-state index contributed by atoms with van der Waals surface area (Å²) in [5, 5.41) is 10.1. The lowest BCUT2D eigenvalue weighted by Gasteiger charge is -2.43. The van der Waals surface area contributed by atoms with E-state index in [9.17, 15) is 4.79 Å². The molecule has 2 unspecified atom stereocenters. The highest BCUT2D eigenvalue weighted by Crippen LogP contribution is 2.37. The lowest BCUT2D eigenvalue weighted by Crippen LogP contribution is -2.46. The summed E-state index contributed by atoms with van der Waals surface area (Å²) in [6, 6.07) is 0.583. The quantitative estimate of drug-likeness (QED) is 0.620. The first kappa shape index (κ1) is 10.0. The molecule has 12 heavy (non-hydrogen) atoms. The molecule has 1 saturated heterocycles. The van der Waals surface area contributed by atoms with E-state index in [0.29, 0.717) is 6.04 Å². The van der Waals surface area contributed by atoms with E-state index in [-0.39, 0.29) is 12.4 Å². The fraction of sp³-hybridized carbons (Fsp3) is 0.714.